The molecule has 1 aromatic heterocycles. The van der Waals surface area contributed by atoms with Crippen molar-refractivity contribution < 1.29 is 9.53 Å². The van der Waals surface area contributed by atoms with Gasteiger partial charge >= 0.3 is 0 Å². The summed E-state index contributed by atoms with van der Waals surface area (Å²) in [5, 5.41) is 4.74. The Morgan fingerprint density at radius 3 is 2.62 bits per heavy atom. The summed E-state index contributed by atoms with van der Waals surface area (Å²) in [7, 11) is 0. The zero-order valence-corrected chi connectivity index (χ0v) is 18.3. The molecule has 0 saturated carbocycles. The van der Waals surface area contributed by atoms with Gasteiger partial charge in [0, 0.05) is 0 Å². The number of carbonyl (C=O) groups excluding carboxylic acids is 1. The van der Waals surface area contributed by atoms with Crippen molar-refractivity contribution in [3.63, 3.8) is 0 Å². The van der Waals surface area contributed by atoms with E-state index < -0.39 is 0 Å². The minimum Gasteiger partial charge on any atom is -0.494 e. The van der Waals surface area contributed by atoms with Crippen LogP contribution in [-0.2, 0) is 11.2 Å². The lowest BCUT2D eigenvalue weighted by atomic mass is 10.1. The molecular formula is C25H24N4O2S. The van der Waals surface area contributed by atoms with Gasteiger partial charge in [-0.25, -0.2) is 10.4 Å². The molecule has 6 nitrogen and oxygen atoms in total. The van der Waals surface area contributed by atoms with Crippen molar-refractivity contribution in [2.75, 3.05) is 12.4 Å². The molecule has 32 heavy (non-hydrogen) atoms. The standard InChI is InChI=1S/C25H24N4O2S/c30-24(18-32-25-27-22-10-4-5-11-23(22)28-25)29-26-17-20-12-14-21(15-13-20)31-16-6-9-19-7-2-1-3-8-19/h1-5,7-8,10-15,17H,6,9,16,18H2,(H,27,28)(H,29,30)/b26-17-. The maximum absolute atomic E-state index is 12.0. The van der Waals surface area contributed by atoms with Crippen molar-refractivity contribution >= 4 is 34.9 Å². The van der Waals surface area contributed by atoms with Crippen molar-refractivity contribution in [3.05, 3.63) is 90.0 Å². The van der Waals surface area contributed by atoms with Crippen LogP contribution in [0.3, 0.4) is 0 Å². The molecule has 0 aliphatic carbocycles. The van der Waals surface area contributed by atoms with Crippen LogP contribution in [0.5, 0.6) is 5.75 Å². The summed E-state index contributed by atoms with van der Waals surface area (Å²) in [6.07, 6.45) is 3.58. The van der Waals surface area contributed by atoms with E-state index in [1.807, 2.05) is 54.6 Å². The van der Waals surface area contributed by atoms with Gasteiger partial charge in [-0.1, -0.05) is 54.2 Å². The Labute approximate surface area is 191 Å². The molecule has 0 atom stereocenters. The predicted octanol–water partition coefficient (Wildman–Crippen LogP) is 4.82. The molecule has 0 fully saturated rings. The quantitative estimate of drug-likeness (QED) is 0.159. The third kappa shape index (κ3) is 6.46. The number of aryl methyl sites for hydroxylation is 1. The Kier molecular flexibility index (Phi) is 7.55. The van der Waals surface area contributed by atoms with Crippen molar-refractivity contribution in [2.45, 2.75) is 18.0 Å². The molecule has 0 spiro atoms. The van der Waals surface area contributed by atoms with Gasteiger partial charge in [-0.05, 0) is 60.4 Å². The number of imidazole rings is 1. The highest BCUT2D eigenvalue weighted by Gasteiger charge is 2.06. The summed E-state index contributed by atoms with van der Waals surface area (Å²) >= 11 is 1.34. The van der Waals surface area contributed by atoms with E-state index in [1.54, 1.807) is 6.21 Å². The number of para-hydroxylation sites is 2. The van der Waals surface area contributed by atoms with Gasteiger partial charge in [-0.2, -0.15) is 5.10 Å². The number of hydrogen-bond donors (Lipinski definition) is 2. The highest BCUT2D eigenvalue weighted by molar-refractivity contribution is 7.99. The summed E-state index contributed by atoms with van der Waals surface area (Å²) in [6, 6.07) is 25.8. The second-order valence-electron chi connectivity index (χ2n) is 7.15. The molecule has 0 saturated heterocycles. The van der Waals surface area contributed by atoms with Crippen LogP contribution in [0, 0.1) is 0 Å². The van der Waals surface area contributed by atoms with Crippen LogP contribution < -0.4 is 10.2 Å². The lowest BCUT2D eigenvalue weighted by Crippen LogP contribution is -2.19. The number of H-pyrrole nitrogens is 1. The predicted molar refractivity (Wildman–Crippen MR) is 129 cm³/mol. The Bertz CT molecular complexity index is 1140. The highest BCUT2D eigenvalue weighted by atomic mass is 32.2. The van der Waals surface area contributed by atoms with E-state index in [2.05, 4.69) is 44.8 Å². The molecule has 0 aliphatic heterocycles. The molecule has 162 valence electrons. The fourth-order valence-corrected chi connectivity index (χ4v) is 3.78. The molecule has 4 aromatic rings. The fourth-order valence-electron chi connectivity index (χ4n) is 3.10. The number of aromatic amines is 1. The van der Waals surface area contributed by atoms with E-state index in [9.17, 15) is 4.79 Å². The van der Waals surface area contributed by atoms with Crippen LogP contribution in [0.15, 0.2) is 89.1 Å². The van der Waals surface area contributed by atoms with Gasteiger partial charge in [0.1, 0.15) is 5.75 Å². The van der Waals surface area contributed by atoms with E-state index in [0.717, 1.165) is 35.2 Å². The number of ether oxygens (including phenoxy) is 1. The SMILES string of the molecule is O=C(CSc1nc2ccccc2[nH]1)N/N=C\c1ccc(OCCCc2ccccc2)cc1. The average molecular weight is 445 g/mol. The number of fused-ring (bicyclic) bond motifs is 1. The molecular weight excluding hydrogens is 420 g/mol. The van der Waals surface area contributed by atoms with E-state index in [-0.39, 0.29) is 11.7 Å². The van der Waals surface area contributed by atoms with Gasteiger partial charge in [-0.15, -0.1) is 0 Å². The summed E-state index contributed by atoms with van der Waals surface area (Å²) in [5.41, 5.74) is 6.59. The summed E-state index contributed by atoms with van der Waals surface area (Å²) in [5.74, 6) is 0.860. The number of nitrogens with zero attached hydrogens (tertiary/aromatic N) is 2. The van der Waals surface area contributed by atoms with Crippen molar-refractivity contribution in [2.24, 2.45) is 5.10 Å². The van der Waals surface area contributed by atoms with Crippen molar-refractivity contribution in [3.8, 4) is 5.75 Å². The molecule has 0 radical (unpaired) electrons. The molecule has 0 bridgehead atoms. The molecule has 4 rings (SSSR count). The third-order valence-corrected chi connectivity index (χ3v) is 5.59. The number of rotatable bonds is 10. The molecule has 0 aliphatic rings. The number of thioether (sulfide) groups is 1. The first-order chi connectivity index (χ1) is 15.8. The lowest BCUT2D eigenvalue weighted by molar-refractivity contribution is -0.118. The summed E-state index contributed by atoms with van der Waals surface area (Å²) in [6.45, 7) is 0.668. The second-order valence-corrected chi connectivity index (χ2v) is 8.11. The Morgan fingerprint density at radius 1 is 1.03 bits per heavy atom. The number of amides is 1. The topological polar surface area (TPSA) is 79.4 Å². The largest absolute Gasteiger partial charge is 0.494 e. The summed E-state index contributed by atoms with van der Waals surface area (Å²) in [4.78, 5) is 19.6. The van der Waals surface area contributed by atoms with Crippen LogP contribution in [0.25, 0.3) is 11.0 Å². The van der Waals surface area contributed by atoms with Crippen molar-refractivity contribution in [1.29, 1.82) is 0 Å². The van der Waals surface area contributed by atoms with Crippen LogP contribution in [0.4, 0.5) is 0 Å². The molecule has 0 unspecified atom stereocenters. The van der Waals surface area contributed by atoms with Crippen LogP contribution in [0.1, 0.15) is 17.5 Å². The third-order valence-electron chi connectivity index (χ3n) is 4.71. The van der Waals surface area contributed by atoms with Gasteiger partial charge in [0.25, 0.3) is 5.91 Å². The lowest BCUT2D eigenvalue weighted by Gasteiger charge is -2.06. The monoisotopic (exact) mass is 444 g/mol. The minimum atomic E-state index is -0.190. The zero-order valence-electron chi connectivity index (χ0n) is 17.5. The first kappa shape index (κ1) is 21.6. The number of carbonyl (C=O) groups is 1. The highest BCUT2D eigenvalue weighted by Crippen LogP contribution is 2.18. The van der Waals surface area contributed by atoms with Crippen LogP contribution >= 0.6 is 11.8 Å². The van der Waals surface area contributed by atoms with Crippen molar-refractivity contribution in [1.82, 2.24) is 15.4 Å². The first-order valence-electron chi connectivity index (χ1n) is 10.4. The Morgan fingerprint density at radius 2 is 1.81 bits per heavy atom. The van der Waals surface area contributed by atoms with E-state index in [0.29, 0.717) is 11.8 Å². The number of nitrogens with one attached hydrogen (secondary N) is 2. The molecule has 7 heteroatoms. The first-order valence-corrected chi connectivity index (χ1v) is 11.4. The molecule has 1 heterocycles. The minimum absolute atomic E-state index is 0.190. The van der Waals surface area contributed by atoms with E-state index >= 15 is 0 Å². The number of hydrogen-bond acceptors (Lipinski definition) is 5. The fraction of sp³-hybridized carbons (Fsp3) is 0.160. The zero-order chi connectivity index (χ0) is 22.0. The molecule has 3 aromatic carbocycles. The maximum Gasteiger partial charge on any atom is 0.250 e. The number of aromatic nitrogens is 2. The number of hydrazone groups is 1. The second kappa shape index (κ2) is 11.2. The van der Waals surface area contributed by atoms with E-state index in [4.69, 9.17) is 4.74 Å². The normalized spacial score (nSPS) is 11.1. The molecule has 2 N–H and O–H groups in total. The Hall–Kier alpha value is -3.58. The average Bonchev–Trinajstić information content (AvgIpc) is 3.25. The smallest absolute Gasteiger partial charge is 0.250 e. The van der Waals surface area contributed by atoms with Gasteiger partial charge in [0.05, 0.1) is 29.6 Å². The van der Waals surface area contributed by atoms with Gasteiger partial charge in [0.2, 0.25) is 0 Å². The summed E-state index contributed by atoms with van der Waals surface area (Å²) < 4.78 is 5.80. The van der Waals surface area contributed by atoms with Gasteiger partial charge in [0.15, 0.2) is 5.16 Å². The molecule has 1 amide bonds. The maximum atomic E-state index is 12.0. The van der Waals surface area contributed by atoms with Gasteiger partial charge in [-0.3, -0.25) is 4.79 Å². The number of benzene rings is 3. The van der Waals surface area contributed by atoms with Crippen LogP contribution in [0.2, 0.25) is 0 Å². The Balaban J connectivity index is 1.16. The van der Waals surface area contributed by atoms with E-state index in [1.165, 1.54) is 17.3 Å². The van der Waals surface area contributed by atoms with Gasteiger partial charge < -0.3 is 9.72 Å². The van der Waals surface area contributed by atoms with Crippen LogP contribution in [-0.4, -0.2) is 34.4 Å².